The molecule has 25 heavy (non-hydrogen) atoms. The van der Waals surface area contributed by atoms with Gasteiger partial charge >= 0.3 is 0 Å². The highest BCUT2D eigenvalue weighted by Gasteiger charge is 2.21. The first-order valence-electron chi connectivity index (χ1n) is 7.88. The van der Waals surface area contributed by atoms with Crippen molar-refractivity contribution < 1.29 is 14.3 Å². The molecule has 0 saturated carbocycles. The van der Waals surface area contributed by atoms with Crippen molar-refractivity contribution in [2.75, 3.05) is 7.11 Å². The molecule has 0 aliphatic heterocycles. The molecule has 2 aromatic heterocycles. The van der Waals surface area contributed by atoms with Crippen LogP contribution in [0.2, 0.25) is 0 Å². The Balaban J connectivity index is 2.11. The number of nitrogens with zero attached hydrogens (tertiary/aromatic N) is 3. The number of isocyanates is 1. The first-order chi connectivity index (χ1) is 12.1. The molecule has 6 heteroatoms. The molecular weight excluding hydrogens is 318 g/mol. The lowest BCUT2D eigenvalue weighted by Gasteiger charge is -2.19. The van der Waals surface area contributed by atoms with Crippen molar-refractivity contribution >= 4 is 11.7 Å². The van der Waals surface area contributed by atoms with Crippen molar-refractivity contribution in [2.24, 2.45) is 4.99 Å². The Morgan fingerprint density at radius 3 is 2.64 bits per heavy atom. The summed E-state index contributed by atoms with van der Waals surface area (Å²) in [7, 11) is 1.57. The van der Waals surface area contributed by atoms with Gasteiger partial charge in [0.1, 0.15) is 5.75 Å². The number of rotatable bonds is 5. The van der Waals surface area contributed by atoms with E-state index in [2.05, 4.69) is 9.98 Å². The van der Waals surface area contributed by atoms with Crippen LogP contribution >= 0.6 is 0 Å². The fourth-order valence-electron chi connectivity index (χ4n) is 2.83. The van der Waals surface area contributed by atoms with Crippen molar-refractivity contribution in [1.29, 1.82) is 0 Å². The minimum atomic E-state index is -0.864. The van der Waals surface area contributed by atoms with Crippen LogP contribution in [0.4, 0.5) is 0 Å². The van der Waals surface area contributed by atoms with E-state index in [1.165, 1.54) is 0 Å². The Morgan fingerprint density at radius 1 is 1.16 bits per heavy atom. The molecule has 0 amide bonds. The Hall–Kier alpha value is -3.11. The molecular formula is C19H19N3O3. The van der Waals surface area contributed by atoms with Gasteiger partial charge in [-0.25, -0.2) is 9.78 Å². The molecule has 0 aliphatic carbocycles. The Kier molecular flexibility index (Phi) is 4.55. The normalized spacial score (nSPS) is 11.8. The highest BCUT2D eigenvalue weighted by atomic mass is 16.5. The quantitative estimate of drug-likeness (QED) is 0.526. The maximum atomic E-state index is 11.0. The van der Waals surface area contributed by atoms with Gasteiger partial charge in [-0.05, 0) is 44.5 Å². The molecule has 3 rings (SSSR count). The molecule has 0 saturated heterocycles. The zero-order valence-corrected chi connectivity index (χ0v) is 14.6. The van der Waals surface area contributed by atoms with Gasteiger partial charge in [0.05, 0.1) is 18.4 Å². The summed E-state index contributed by atoms with van der Waals surface area (Å²) >= 11 is 0. The van der Waals surface area contributed by atoms with E-state index in [0.29, 0.717) is 22.7 Å². The lowest BCUT2D eigenvalue weighted by Crippen LogP contribution is -2.09. The number of aliphatic imine (C=N–C) groups is 1. The molecule has 0 fully saturated rings. The predicted molar refractivity (Wildman–Crippen MR) is 93.9 cm³/mol. The summed E-state index contributed by atoms with van der Waals surface area (Å²) in [5.74, 6) is 1.14. The van der Waals surface area contributed by atoms with Crippen LogP contribution < -0.4 is 9.47 Å². The van der Waals surface area contributed by atoms with Crippen molar-refractivity contribution in [2.45, 2.75) is 27.0 Å². The van der Waals surface area contributed by atoms with Gasteiger partial charge in [-0.1, -0.05) is 12.1 Å². The molecule has 1 aromatic carbocycles. The maximum absolute atomic E-state index is 11.0. The second-order valence-electron chi connectivity index (χ2n) is 5.73. The first kappa shape index (κ1) is 16.7. The standard InChI is InChI=1S/C19H19N3O3/c1-12-7-5-8-15(24-4)17(12)19(20-11-23)25-16-9-6-10-22-14(3)13(2)21-18(16)22/h5-10,19H,1-4H3. The number of aromatic nitrogens is 2. The molecule has 0 radical (unpaired) electrons. The molecule has 2 heterocycles. The van der Waals surface area contributed by atoms with E-state index >= 15 is 0 Å². The highest BCUT2D eigenvalue weighted by Crippen LogP contribution is 2.34. The summed E-state index contributed by atoms with van der Waals surface area (Å²) in [5, 5.41) is 0. The number of ether oxygens (including phenoxy) is 2. The Morgan fingerprint density at radius 2 is 1.92 bits per heavy atom. The third-order valence-electron chi connectivity index (χ3n) is 4.25. The summed E-state index contributed by atoms with van der Waals surface area (Å²) in [4.78, 5) is 19.4. The summed E-state index contributed by atoms with van der Waals surface area (Å²) in [6.07, 6.45) is 2.65. The van der Waals surface area contributed by atoms with Crippen LogP contribution in [0, 0.1) is 20.8 Å². The molecule has 0 bridgehead atoms. The first-order valence-corrected chi connectivity index (χ1v) is 7.88. The number of hydrogen-bond acceptors (Lipinski definition) is 5. The van der Waals surface area contributed by atoms with Crippen LogP contribution in [-0.2, 0) is 4.79 Å². The van der Waals surface area contributed by atoms with Crippen LogP contribution in [-0.4, -0.2) is 22.6 Å². The minimum absolute atomic E-state index is 0.535. The molecule has 3 aromatic rings. The summed E-state index contributed by atoms with van der Waals surface area (Å²) in [6, 6.07) is 9.27. The van der Waals surface area contributed by atoms with E-state index in [-0.39, 0.29) is 0 Å². The van der Waals surface area contributed by atoms with Gasteiger partial charge in [0.2, 0.25) is 12.3 Å². The van der Waals surface area contributed by atoms with E-state index in [9.17, 15) is 4.79 Å². The van der Waals surface area contributed by atoms with Crippen LogP contribution in [0.3, 0.4) is 0 Å². The summed E-state index contributed by atoms with van der Waals surface area (Å²) in [5.41, 5.74) is 4.22. The Bertz CT molecular complexity index is 971. The topological polar surface area (TPSA) is 65.2 Å². The zero-order chi connectivity index (χ0) is 18.0. The highest BCUT2D eigenvalue weighted by molar-refractivity contribution is 5.56. The average molecular weight is 337 g/mol. The van der Waals surface area contributed by atoms with Crippen molar-refractivity contribution in [3.63, 3.8) is 0 Å². The lowest BCUT2D eigenvalue weighted by atomic mass is 10.1. The van der Waals surface area contributed by atoms with Gasteiger partial charge in [0.25, 0.3) is 0 Å². The fraction of sp³-hybridized carbons (Fsp3) is 0.263. The van der Waals surface area contributed by atoms with E-state index < -0.39 is 6.23 Å². The number of hydrogen-bond donors (Lipinski definition) is 0. The van der Waals surface area contributed by atoms with Crippen LogP contribution in [0.5, 0.6) is 11.5 Å². The third kappa shape index (κ3) is 2.99. The summed E-state index contributed by atoms with van der Waals surface area (Å²) in [6.45, 7) is 5.85. The van der Waals surface area contributed by atoms with Crippen LogP contribution in [0.15, 0.2) is 41.5 Å². The summed E-state index contributed by atoms with van der Waals surface area (Å²) < 4.78 is 13.4. The lowest BCUT2D eigenvalue weighted by molar-refractivity contribution is 0.211. The van der Waals surface area contributed by atoms with Gasteiger partial charge < -0.3 is 13.9 Å². The number of imidazole rings is 1. The third-order valence-corrected chi connectivity index (χ3v) is 4.25. The largest absolute Gasteiger partial charge is 0.496 e. The molecule has 1 unspecified atom stereocenters. The number of aryl methyl sites for hydroxylation is 3. The van der Waals surface area contributed by atoms with E-state index in [1.807, 2.05) is 55.6 Å². The number of methoxy groups -OCH3 is 1. The maximum Gasteiger partial charge on any atom is 0.238 e. The van der Waals surface area contributed by atoms with Crippen molar-refractivity contribution in [3.05, 3.63) is 59.0 Å². The van der Waals surface area contributed by atoms with Crippen LogP contribution in [0.1, 0.15) is 28.7 Å². The minimum Gasteiger partial charge on any atom is -0.496 e. The average Bonchev–Trinajstić information content (AvgIpc) is 2.90. The second-order valence-corrected chi connectivity index (χ2v) is 5.73. The monoisotopic (exact) mass is 337 g/mol. The van der Waals surface area contributed by atoms with E-state index in [1.54, 1.807) is 19.3 Å². The molecule has 0 spiro atoms. The van der Waals surface area contributed by atoms with Gasteiger partial charge in [0.15, 0.2) is 11.4 Å². The van der Waals surface area contributed by atoms with Gasteiger partial charge in [-0.15, -0.1) is 0 Å². The van der Waals surface area contributed by atoms with Crippen LogP contribution in [0.25, 0.3) is 5.65 Å². The molecule has 6 nitrogen and oxygen atoms in total. The number of pyridine rings is 1. The molecule has 0 N–H and O–H groups in total. The molecule has 128 valence electrons. The van der Waals surface area contributed by atoms with Gasteiger partial charge in [-0.3, -0.25) is 0 Å². The SMILES string of the molecule is COc1cccc(C)c1C(N=C=O)Oc1cccn2c(C)c(C)nc12. The van der Waals surface area contributed by atoms with E-state index in [0.717, 1.165) is 17.0 Å². The van der Waals surface area contributed by atoms with Crippen molar-refractivity contribution in [1.82, 2.24) is 9.38 Å². The number of fused-ring (bicyclic) bond motifs is 1. The predicted octanol–water partition coefficient (Wildman–Crippen LogP) is 3.68. The van der Waals surface area contributed by atoms with Crippen molar-refractivity contribution in [3.8, 4) is 11.5 Å². The second kappa shape index (κ2) is 6.79. The number of carbonyl (C=O) groups excluding carboxylic acids is 1. The molecule has 1 atom stereocenters. The number of benzene rings is 1. The Labute approximate surface area is 145 Å². The fourth-order valence-corrected chi connectivity index (χ4v) is 2.83. The van der Waals surface area contributed by atoms with E-state index in [4.69, 9.17) is 9.47 Å². The zero-order valence-electron chi connectivity index (χ0n) is 14.6. The van der Waals surface area contributed by atoms with Gasteiger partial charge in [-0.2, -0.15) is 4.99 Å². The molecule has 0 aliphatic rings. The van der Waals surface area contributed by atoms with Gasteiger partial charge in [0, 0.05) is 11.9 Å². The smallest absolute Gasteiger partial charge is 0.238 e.